The fourth-order valence-corrected chi connectivity index (χ4v) is 2.48. The van der Waals surface area contributed by atoms with Crippen LogP contribution in [-0.4, -0.2) is 15.4 Å². The van der Waals surface area contributed by atoms with Crippen LogP contribution in [0, 0.1) is 6.92 Å². The summed E-state index contributed by atoms with van der Waals surface area (Å²) in [5.41, 5.74) is 10.1. The molecule has 0 radical (unpaired) electrons. The highest BCUT2D eigenvalue weighted by Gasteiger charge is 2.21. The normalized spacial score (nSPS) is 10.8. The molecule has 0 saturated heterocycles. The first-order valence-corrected chi connectivity index (χ1v) is 6.48. The third kappa shape index (κ3) is 1.94. The Hall–Kier alpha value is -2.08. The lowest BCUT2D eigenvalue weighted by molar-refractivity contribution is 0.439. The Morgan fingerprint density at radius 1 is 1.26 bits per heavy atom. The van der Waals surface area contributed by atoms with Gasteiger partial charge in [-0.1, -0.05) is 39.3 Å². The van der Waals surface area contributed by atoms with Gasteiger partial charge in [0.05, 0.1) is 11.8 Å². The molecule has 3 aromatic rings. The summed E-state index contributed by atoms with van der Waals surface area (Å²) in [4.78, 5) is 0. The summed E-state index contributed by atoms with van der Waals surface area (Å²) < 4.78 is 6.09. The molecule has 0 atom stereocenters. The molecule has 0 aliphatic rings. The van der Waals surface area contributed by atoms with Crippen molar-refractivity contribution in [2.75, 3.05) is 5.73 Å². The predicted molar refractivity (Wildman–Crippen MR) is 76.4 cm³/mol. The summed E-state index contributed by atoms with van der Waals surface area (Å²) in [5, 5.41) is 10.9. The molecule has 0 amide bonds. The van der Waals surface area contributed by atoms with Gasteiger partial charge in [-0.25, -0.2) is 0 Å². The van der Waals surface area contributed by atoms with E-state index in [4.69, 9.17) is 10.3 Å². The second-order valence-electron chi connectivity index (χ2n) is 4.16. The van der Waals surface area contributed by atoms with Crippen LogP contribution in [0.1, 0.15) is 5.69 Å². The summed E-state index contributed by atoms with van der Waals surface area (Å²) >= 11 is 3.52. The predicted octanol–water partition coefficient (Wildman–Crippen LogP) is 3.38. The van der Waals surface area contributed by atoms with Gasteiger partial charge in [0.2, 0.25) is 5.88 Å². The Morgan fingerprint density at radius 2 is 2.05 bits per heavy atom. The Balaban J connectivity index is 2.26. The molecule has 5 nitrogen and oxygen atoms in total. The van der Waals surface area contributed by atoms with E-state index in [2.05, 4.69) is 31.3 Å². The number of hydrogen-bond acceptors (Lipinski definition) is 4. The molecule has 0 bridgehead atoms. The molecule has 19 heavy (non-hydrogen) atoms. The van der Waals surface area contributed by atoms with Gasteiger partial charge in [0.25, 0.3) is 0 Å². The number of aromatic amines is 1. The highest BCUT2D eigenvalue weighted by molar-refractivity contribution is 9.10. The Labute approximate surface area is 117 Å². The zero-order chi connectivity index (χ0) is 13.4. The van der Waals surface area contributed by atoms with E-state index in [1.807, 2.05) is 31.2 Å². The van der Waals surface area contributed by atoms with Gasteiger partial charge >= 0.3 is 0 Å². The van der Waals surface area contributed by atoms with E-state index in [1.54, 1.807) is 6.20 Å². The van der Waals surface area contributed by atoms with Crippen LogP contribution in [0.2, 0.25) is 0 Å². The van der Waals surface area contributed by atoms with E-state index in [-0.39, 0.29) is 0 Å². The molecule has 0 aliphatic heterocycles. The van der Waals surface area contributed by atoms with Crippen molar-refractivity contribution < 1.29 is 4.52 Å². The Bertz CT molecular complexity index is 732. The van der Waals surface area contributed by atoms with Gasteiger partial charge in [-0.2, -0.15) is 5.10 Å². The lowest BCUT2D eigenvalue weighted by Gasteiger charge is -2.04. The van der Waals surface area contributed by atoms with Gasteiger partial charge in [-0.05, 0) is 13.0 Å². The van der Waals surface area contributed by atoms with Crippen LogP contribution in [0.25, 0.3) is 22.4 Å². The molecular weight excluding hydrogens is 308 g/mol. The third-order valence-electron chi connectivity index (χ3n) is 2.95. The number of benzene rings is 1. The fraction of sp³-hybridized carbons (Fsp3) is 0.0769. The van der Waals surface area contributed by atoms with E-state index in [1.165, 1.54) is 0 Å². The van der Waals surface area contributed by atoms with Crippen molar-refractivity contribution >= 4 is 21.8 Å². The van der Waals surface area contributed by atoms with Crippen LogP contribution in [0.5, 0.6) is 0 Å². The monoisotopic (exact) mass is 318 g/mol. The van der Waals surface area contributed by atoms with E-state index < -0.39 is 0 Å². The SMILES string of the molecule is Cc1[nH]ncc1-c1noc(N)c1-c1ccccc1Br. The molecule has 0 saturated carbocycles. The molecule has 0 aliphatic carbocycles. The first-order valence-electron chi connectivity index (χ1n) is 5.69. The number of H-pyrrole nitrogens is 1. The van der Waals surface area contributed by atoms with Crippen LogP contribution in [0.3, 0.4) is 0 Å². The fourth-order valence-electron chi connectivity index (χ4n) is 2.00. The van der Waals surface area contributed by atoms with Crippen LogP contribution in [0.15, 0.2) is 39.5 Å². The smallest absolute Gasteiger partial charge is 0.230 e. The lowest BCUT2D eigenvalue weighted by atomic mass is 10.0. The van der Waals surface area contributed by atoms with Crippen LogP contribution in [0.4, 0.5) is 5.88 Å². The summed E-state index contributed by atoms with van der Waals surface area (Å²) in [5.74, 6) is 0.294. The zero-order valence-electron chi connectivity index (χ0n) is 10.1. The molecule has 0 fully saturated rings. The number of halogens is 1. The number of nitrogens with two attached hydrogens (primary N) is 1. The van der Waals surface area contributed by atoms with E-state index >= 15 is 0 Å². The standard InChI is InChI=1S/C13H11BrN4O/c1-7-9(6-16-17-7)12-11(13(15)19-18-12)8-4-2-3-5-10(8)14/h2-6H,15H2,1H3,(H,16,17). The minimum atomic E-state index is 0.294. The number of aryl methyl sites for hydroxylation is 1. The van der Waals surface area contributed by atoms with Gasteiger partial charge in [-0.15, -0.1) is 0 Å². The highest BCUT2D eigenvalue weighted by atomic mass is 79.9. The number of nitrogens with zero attached hydrogens (tertiary/aromatic N) is 2. The van der Waals surface area contributed by atoms with Gasteiger partial charge in [-0.3, -0.25) is 5.10 Å². The Kier molecular flexibility index (Phi) is 2.87. The third-order valence-corrected chi connectivity index (χ3v) is 3.64. The van der Waals surface area contributed by atoms with E-state index in [9.17, 15) is 0 Å². The average Bonchev–Trinajstić information content (AvgIpc) is 2.96. The van der Waals surface area contributed by atoms with Crippen molar-refractivity contribution in [2.24, 2.45) is 0 Å². The number of hydrogen-bond donors (Lipinski definition) is 2. The first-order chi connectivity index (χ1) is 9.18. The summed E-state index contributed by atoms with van der Waals surface area (Å²) in [7, 11) is 0. The first kappa shape index (κ1) is 12.0. The largest absolute Gasteiger partial charge is 0.367 e. The van der Waals surface area contributed by atoms with E-state index in [0.29, 0.717) is 11.6 Å². The number of nitrogens with one attached hydrogen (secondary N) is 1. The van der Waals surface area contributed by atoms with Crippen LogP contribution < -0.4 is 5.73 Å². The van der Waals surface area contributed by atoms with E-state index in [0.717, 1.165) is 26.9 Å². The van der Waals surface area contributed by atoms with Crippen molar-refractivity contribution in [1.29, 1.82) is 0 Å². The Morgan fingerprint density at radius 3 is 2.74 bits per heavy atom. The van der Waals surface area contributed by atoms with Gasteiger partial charge in [0.15, 0.2) is 0 Å². The molecule has 2 aromatic heterocycles. The minimum Gasteiger partial charge on any atom is -0.367 e. The van der Waals surface area contributed by atoms with Crippen molar-refractivity contribution in [3.05, 3.63) is 40.6 Å². The minimum absolute atomic E-state index is 0.294. The zero-order valence-corrected chi connectivity index (χ0v) is 11.7. The number of anilines is 1. The number of aromatic nitrogens is 3. The van der Waals surface area contributed by atoms with Gasteiger partial charge in [0, 0.05) is 21.3 Å². The molecule has 96 valence electrons. The quantitative estimate of drug-likeness (QED) is 0.759. The molecule has 6 heteroatoms. The number of rotatable bonds is 2. The van der Waals surface area contributed by atoms with Crippen molar-refractivity contribution in [2.45, 2.75) is 6.92 Å². The molecule has 3 rings (SSSR count). The summed E-state index contributed by atoms with van der Waals surface area (Å²) in [6, 6.07) is 7.80. The maximum absolute atomic E-state index is 5.92. The molecule has 3 N–H and O–H groups in total. The van der Waals surface area contributed by atoms with Crippen LogP contribution >= 0.6 is 15.9 Å². The highest BCUT2D eigenvalue weighted by Crippen LogP contribution is 2.39. The second kappa shape index (κ2) is 4.55. The van der Waals surface area contributed by atoms with Crippen LogP contribution in [-0.2, 0) is 0 Å². The van der Waals surface area contributed by atoms with Crippen molar-refractivity contribution in [3.63, 3.8) is 0 Å². The van der Waals surface area contributed by atoms with Gasteiger partial charge in [0.1, 0.15) is 5.69 Å². The second-order valence-corrected chi connectivity index (χ2v) is 5.01. The number of nitrogen functional groups attached to an aromatic ring is 1. The molecule has 2 heterocycles. The molecular formula is C13H11BrN4O. The van der Waals surface area contributed by atoms with Crippen molar-refractivity contribution in [3.8, 4) is 22.4 Å². The summed E-state index contributed by atoms with van der Waals surface area (Å²) in [6.45, 7) is 1.93. The molecule has 1 aromatic carbocycles. The van der Waals surface area contributed by atoms with Crippen molar-refractivity contribution in [1.82, 2.24) is 15.4 Å². The molecule has 0 unspecified atom stereocenters. The molecule has 0 spiro atoms. The van der Waals surface area contributed by atoms with Gasteiger partial charge < -0.3 is 10.3 Å². The lowest BCUT2D eigenvalue weighted by Crippen LogP contribution is -1.89. The summed E-state index contributed by atoms with van der Waals surface area (Å²) in [6.07, 6.45) is 1.72. The maximum Gasteiger partial charge on any atom is 0.230 e. The average molecular weight is 319 g/mol. The topological polar surface area (TPSA) is 80.7 Å². The maximum atomic E-state index is 5.92.